The summed E-state index contributed by atoms with van der Waals surface area (Å²) in [5, 5.41) is 7.09. The van der Waals surface area contributed by atoms with E-state index < -0.39 is 6.23 Å². The number of hydrogen-bond donors (Lipinski definition) is 0. The highest BCUT2D eigenvalue weighted by atomic mass is 35.5. The summed E-state index contributed by atoms with van der Waals surface area (Å²) in [6.45, 7) is 1.53. The summed E-state index contributed by atoms with van der Waals surface area (Å²) in [7, 11) is 0. The highest BCUT2D eigenvalue weighted by Crippen LogP contribution is 2.44. The first-order valence-corrected chi connectivity index (χ1v) is 7.89. The number of carbonyl (C=O) groups is 1. The minimum absolute atomic E-state index is 0.0263. The molecular formula is C18H15ClN2O2. The van der Waals surface area contributed by atoms with Gasteiger partial charge in [0.15, 0.2) is 5.78 Å². The fourth-order valence-corrected chi connectivity index (χ4v) is 3.31. The topological polar surface area (TPSA) is 41.9 Å². The van der Waals surface area contributed by atoms with Crippen LogP contribution in [0.25, 0.3) is 0 Å². The first-order chi connectivity index (χ1) is 11.1. The number of nitrogens with zero attached hydrogens (tertiary/aromatic N) is 2. The molecule has 0 fully saturated rings. The van der Waals surface area contributed by atoms with Crippen molar-refractivity contribution in [1.29, 1.82) is 0 Å². The van der Waals surface area contributed by atoms with Crippen molar-refractivity contribution in [3.63, 3.8) is 0 Å². The molecule has 2 aromatic rings. The van der Waals surface area contributed by atoms with Gasteiger partial charge >= 0.3 is 0 Å². The van der Waals surface area contributed by atoms with Gasteiger partial charge in [0.25, 0.3) is 0 Å². The molecule has 2 aromatic carbocycles. The number of ketones is 1. The molecule has 2 heterocycles. The normalized spacial score (nSPS) is 22.0. The lowest BCUT2D eigenvalue weighted by molar-refractivity contribution is -0.135. The molecule has 4 nitrogen and oxygen atoms in total. The summed E-state index contributed by atoms with van der Waals surface area (Å²) in [6, 6.07) is 15.5. The van der Waals surface area contributed by atoms with Gasteiger partial charge in [-0.1, -0.05) is 41.9 Å². The average molecular weight is 327 g/mol. The third kappa shape index (κ3) is 2.39. The number of benzene rings is 2. The zero-order valence-electron chi connectivity index (χ0n) is 12.6. The third-order valence-corrected chi connectivity index (χ3v) is 4.44. The highest BCUT2D eigenvalue weighted by molar-refractivity contribution is 6.30. The molecule has 0 N–H and O–H groups in total. The fourth-order valence-electron chi connectivity index (χ4n) is 3.13. The zero-order chi connectivity index (χ0) is 16.0. The van der Waals surface area contributed by atoms with Crippen LogP contribution in [0, 0.1) is 0 Å². The predicted octanol–water partition coefficient (Wildman–Crippen LogP) is 3.80. The largest absolute Gasteiger partial charge is 0.461 e. The van der Waals surface area contributed by atoms with Crippen molar-refractivity contribution in [1.82, 2.24) is 5.01 Å². The minimum atomic E-state index is -0.685. The molecule has 0 amide bonds. The summed E-state index contributed by atoms with van der Waals surface area (Å²) in [5.74, 6) is 0.647. The lowest BCUT2D eigenvalue weighted by atomic mass is 9.96. The van der Waals surface area contributed by atoms with Crippen molar-refractivity contribution in [3.05, 3.63) is 64.7 Å². The Kier molecular flexibility index (Phi) is 3.34. The number of halogens is 1. The lowest BCUT2D eigenvalue weighted by Crippen LogP contribution is -2.44. The zero-order valence-corrected chi connectivity index (χ0v) is 13.3. The van der Waals surface area contributed by atoms with Gasteiger partial charge in [-0.15, -0.1) is 0 Å². The monoisotopic (exact) mass is 326 g/mol. The van der Waals surface area contributed by atoms with Crippen LogP contribution in [0.4, 0.5) is 0 Å². The van der Waals surface area contributed by atoms with E-state index in [0.29, 0.717) is 10.8 Å². The molecule has 0 radical (unpaired) electrons. The molecule has 0 spiro atoms. The maximum atomic E-state index is 12.0. The van der Waals surface area contributed by atoms with Crippen LogP contribution < -0.4 is 4.74 Å². The van der Waals surface area contributed by atoms with Gasteiger partial charge in [-0.25, -0.2) is 5.01 Å². The number of fused-ring (bicyclic) bond motifs is 3. The molecule has 0 bridgehead atoms. The van der Waals surface area contributed by atoms with E-state index in [1.54, 1.807) is 11.1 Å². The van der Waals surface area contributed by atoms with Crippen molar-refractivity contribution < 1.29 is 9.53 Å². The van der Waals surface area contributed by atoms with Gasteiger partial charge in [-0.3, -0.25) is 4.79 Å². The first kappa shape index (κ1) is 14.3. The Hall–Kier alpha value is -2.33. The number of Topliss-reactive ketones (excluding diaryl/α,β-unsaturated/α-hetero) is 1. The summed E-state index contributed by atoms with van der Waals surface area (Å²) < 4.78 is 5.86. The molecule has 2 aliphatic rings. The molecule has 0 unspecified atom stereocenters. The van der Waals surface area contributed by atoms with Crippen LogP contribution in [0.15, 0.2) is 53.6 Å². The van der Waals surface area contributed by atoms with Gasteiger partial charge in [0, 0.05) is 23.9 Å². The Bertz CT molecular complexity index is 804. The molecule has 4 rings (SSSR count). The van der Waals surface area contributed by atoms with E-state index in [0.717, 1.165) is 23.3 Å². The van der Waals surface area contributed by atoms with Crippen LogP contribution in [0.5, 0.6) is 5.75 Å². The molecule has 5 heteroatoms. The fraction of sp³-hybridized carbons (Fsp3) is 0.222. The summed E-state index contributed by atoms with van der Waals surface area (Å²) in [6.07, 6.45) is 0.0414. The Labute approximate surface area is 139 Å². The van der Waals surface area contributed by atoms with Gasteiger partial charge in [0.1, 0.15) is 5.75 Å². The molecule has 2 aliphatic heterocycles. The van der Waals surface area contributed by atoms with Gasteiger partial charge < -0.3 is 4.74 Å². The van der Waals surface area contributed by atoms with Gasteiger partial charge in [-0.05, 0) is 23.8 Å². The second-order valence-electron chi connectivity index (χ2n) is 5.78. The Morgan fingerprint density at radius 3 is 2.78 bits per heavy atom. The first-order valence-electron chi connectivity index (χ1n) is 7.51. The van der Waals surface area contributed by atoms with Crippen LogP contribution in [0.1, 0.15) is 30.5 Å². The maximum absolute atomic E-state index is 12.0. The molecule has 0 aromatic heterocycles. The number of ether oxygens (including phenoxy) is 1. The highest BCUT2D eigenvalue weighted by Gasteiger charge is 2.42. The maximum Gasteiger partial charge on any atom is 0.246 e. The molecule has 2 atom stereocenters. The van der Waals surface area contributed by atoms with Crippen molar-refractivity contribution in [2.24, 2.45) is 5.10 Å². The summed E-state index contributed by atoms with van der Waals surface area (Å²) >= 11 is 6.14. The predicted molar refractivity (Wildman–Crippen MR) is 88.7 cm³/mol. The van der Waals surface area contributed by atoms with Crippen LogP contribution in [-0.4, -0.2) is 22.7 Å². The minimum Gasteiger partial charge on any atom is -0.461 e. The van der Waals surface area contributed by atoms with Crippen LogP contribution >= 0.6 is 11.6 Å². The van der Waals surface area contributed by atoms with Crippen molar-refractivity contribution in [3.8, 4) is 5.75 Å². The van der Waals surface area contributed by atoms with E-state index in [-0.39, 0.29) is 11.8 Å². The molecule has 116 valence electrons. The molecular weight excluding hydrogens is 312 g/mol. The van der Waals surface area contributed by atoms with E-state index in [9.17, 15) is 4.79 Å². The third-order valence-electron chi connectivity index (χ3n) is 4.21. The molecule has 0 aliphatic carbocycles. The van der Waals surface area contributed by atoms with Crippen molar-refractivity contribution >= 4 is 23.1 Å². The van der Waals surface area contributed by atoms with Gasteiger partial charge in [0.2, 0.25) is 6.23 Å². The number of hydrazone groups is 1. The Morgan fingerprint density at radius 2 is 2.04 bits per heavy atom. The van der Waals surface area contributed by atoms with Gasteiger partial charge in [0.05, 0.1) is 11.8 Å². The second kappa shape index (κ2) is 5.39. The van der Waals surface area contributed by atoms with Crippen molar-refractivity contribution in [2.75, 3.05) is 0 Å². The number of carbonyl (C=O) groups excluding carboxylic acids is 1. The molecule has 23 heavy (non-hydrogen) atoms. The summed E-state index contributed by atoms with van der Waals surface area (Å²) in [4.78, 5) is 12.0. The van der Waals surface area contributed by atoms with E-state index in [2.05, 4.69) is 5.10 Å². The number of rotatable bonds is 2. The Morgan fingerprint density at radius 1 is 1.26 bits per heavy atom. The molecule has 0 saturated carbocycles. The summed E-state index contributed by atoms with van der Waals surface area (Å²) in [5.41, 5.74) is 3.00. The van der Waals surface area contributed by atoms with E-state index in [1.807, 2.05) is 42.5 Å². The van der Waals surface area contributed by atoms with E-state index in [1.165, 1.54) is 6.92 Å². The number of hydrogen-bond acceptors (Lipinski definition) is 4. The van der Waals surface area contributed by atoms with Crippen LogP contribution in [0.2, 0.25) is 5.02 Å². The lowest BCUT2D eigenvalue weighted by Gasteiger charge is -2.36. The average Bonchev–Trinajstić information content (AvgIpc) is 3.00. The quantitative estimate of drug-likeness (QED) is 0.843. The van der Waals surface area contributed by atoms with Crippen LogP contribution in [-0.2, 0) is 4.79 Å². The van der Waals surface area contributed by atoms with E-state index >= 15 is 0 Å². The smallest absolute Gasteiger partial charge is 0.246 e. The second-order valence-corrected chi connectivity index (χ2v) is 6.21. The molecule has 0 saturated heterocycles. The van der Waals surface area contributed by atoms with E-state index in [4.69, 9.17) is 16.3 Å². The Balaban J connectivity index is 1.78. The van der Waals surface area contributed by atoms with Gasteiger partial charge in [-0.2, -0.15) is 5.10 Å². The van der Waals surface area contributed by atoms with Crippen molar-refractivity contribution in [2.45, 2.75) is 25.6 Å². The SMILES string of the molecule is CC(=O)[C@@H]1Oc2ccc(Cl)cc2[C@@H]2CC(c3ccccc3)=NN12. The standard InChI is InChI=1S/C18H15ClN2O2/c1-11(22)18-21-16(14-9-13(19)7-8-17(14)23-18)10-15(20-21)12-5-3-2-4-6-12/h2-9,16,18H,10H2,1H3/t16-,18-/m0/s1. The van der Waals surface area contributed by atoms with Crippen LogP contribution in [0.3, 0.4) is 0 Å².